The molecule has 0 amide bonds. The third kappa shape index (κ3) is 2.60. The summed E-state index contributed by atoms with van der Waals surface area (Å²) in [5.74, 6) is -0.0885. The molecule has 16 heavy (non-hydrogen) atoms. The quantitative estimate of drug-likeness (QED) is 0.709. The lowest BCUT2D eigenvalue weighted by atomic mass is 10.1. The molecule has 0 aromatic carbocycles. The van der Waals surface area contributed by atoms with Gasteiger partial charge in [-0.05, 0) is 6.42 Å². The lowest BCUT2D eigenvalue weighted by Gasteiger charge is -2.16. The van der Waals surface area contributed by atoms with Crippen LogP contribution in [0.25, 0.3) is 0 Å². The molecule has 0 saturated heterocycles. The fourth-order valence-electron chi connectivity index (χ4n) is 1.56. The number of methoxy groups -OCH3 is 1. The smallest absolute Gasteiger partial charge is 0.328 e. The van der Waals surface area contributed by atoms with Gasteiger partial charge in [0, 0.05) is 12.4 Å². The van der Waals surface area contributed by atoms with Gasteiger partial charge in [-0.2, -0.15) is 5.26 Å². The first-order valence-corrected chi connectivity index (χ1v) is 5.25. The summed E-state index contributed by atoms with van der Waals surface area (Å²) in [6, 6.07) is 1.51. The number of hydrogen-bond donors (Lipinski definition) is 0. The molecule has 1 rings (SSSR count). The minimum absolute atomic E-state index is 0.242. The SMILES string of the molecule is CCCCC(C(=O)OC)n1ccnc1C#N. The highest BCUT2D eigenvalue weighted by atomic mass is 16.5. The van der Waals surface area contributed by atoms with E-state index in [2.05, 4.69) is 4.98 Å². The number of ether oxygens (including phenoxy) is 1. The van der Waals surface area contributed by atoms with Gasteiger partial charge in [-0.15, -0.1) is 0 Å². The van der Waals surface area contributed by atoms with E-state index >= 15 is 0 Å². The fourth-order valence-corrected chi connectivity index (χ4v) is 1.56. The summed E-state index contributed by atoms with van der Waals surface area (Å²) in [4.78, 5) is 15.5. The van der Waals surface area contributed by atoms with Crippen molar-refractivity contribution in [3.8, 4) is 6.07 Å². The number of imidazole rings is 1. The van der Waals surface area contributed by atoms with Gasteiger partial charge in [-0.1, -0.05) is 19.8 Å². The summed E-state index contributed by atoms with van der Waals surface area (Å²) in [7, 11) is 1.35. The van der Waals surface area contributed by atoms with Gasteiger partial charge >= 0.3 is 5.97 Å². The fraction of sp³-hybridized carbons (Fsp3) is 0.545. The van der Waals surface area contributed by atoms with Gasteiger partial charge < -0.3 is 9.30 Å². The van der Waals surface area contributed by atoms with Crippen molar-refractivity contribution in [1.82, 2.24) is 9.55 Å². The zero-order valence-corrected chi connectivity index (χ0v) is 9.51. The van der Waals surface area contributed by atoms with Gasteiger partial charge in [0.05, 0.1) is 7.11 Å². The molecule has 0 aliphatic carbocycles. The molecule has 0 radical (unpaired) electrons. The number of carbonyl (C=O) groups excluding carboxylic acids is 1. The van der Waals surface area contributed by atoms with E-state index < -0.39 is 6.04 Å². The molecule has 1 aromatic heterocycles. The maximum absolute atomic E-state index is 11.6. The molecule has 1 aromatic rings. The minimum atomic E-state index is -0.443. The van der Waals surface area contributed by atoms with Crippen LogP contribution in [0.2, 0.25) is 0 Å². The van der Waals surface area contributed by atoms with Crippen LogP contribution in [-0.2, 0) is 9.53 Å². The van der Waals surface area contributed by atoms with Gasteiger partial charge in [-0.25, -0.2) is 9.78 Å². The van der Waals surface area contributed by atoms with Crippen LogP contribution in [0.4, 0.5) is 0 Å². The van der Waals surface area contributed by atoms with Crippen LogP contribution in [0.3, 0.4) is 0 Å². The predicted octanol–water partition coefficient (Wildman–Crippen LogP) is 1.66. The molecule has 86 valence electrons. The Morgan fingerprint density at radius 3 is 3.06 bits per heavy atom. The first-order chi connectivity index (χ1) is 7.74. The standard InChI is InChI=1S/C11H15N3O2/c1-3-4-5-9(11(15)16-2)14-7-6-13-10(14)8-12/h6-7,9H,3-5H2,1-2H3. The van der Waals surface area contributed by atoms with E-state index in [1.54, 1.807) is 10.8 Å². The number of unbranched alkanes of at least 4 members (excludes halogenated alkanes) is 1. The molecule has 0 aliphatic rings. The maximum Gasteiger partial charge on any atom is 0.328 e. The first kappa shape index (κ1) is 12.2. The highest BCUT2D eigenvalue weighted by Gasteiger charge is 2.22. The number of nitriles is 1. The van der Waals surface area contributed by atoms with Crippen molar-refractivity contribution in [3.63, 3.8) is 0 Å². The molecular formula is C11H15N3O2. The van der Waals surface area contributed by atoms with E-state index in [0.717, 1.165) is 12.8 Å². The van der Waals surface area contributed by atoms with Crippen LogP contribution in [0.5, 0.6) is 0 Å². The van der Waals surface area contributed by atoms with Crippen molar-refractivity contribution in [2.45, 2.75) is 32.2 Å². The van der Waals surface area contributed by atoms with E-state index in [1.807, 2.05) is 13.0 Å². The zero-order chi connectivity index (χ0) is 12.0. The number of nitrogens with zero attached hydrogens (tertiary/aromatic N) is 3. The first-order valence-electron chi connectivity index (χ1n) is 5.25. The zero-order valence-electron chi connectivity index (χ0n) is 9.51. The van der Waals surface area contributed by atoms with Crippen molar-refractivity contribution in [2.24, 2.45) is 0 Å². The van der Waals surface area contributed by atoms with Gasteiger partial charge in [-0.3, -0.25) is 0 Å². The predicted molar refractivity (Wildman–Crippen MR) is 57.5 cm³/mol. The van der Waals surface area contributed by atoms with Crippen LogP contribution in [0, 0.1) is 11.3 Å². The average molecular weight is 221 g/mol. The Balaban J connectivity index is 2.92. The Morgan fingerprint density at radius 2 is 2.50 bits per heavy atom. The van der Waals surface area contributed by atoms with Crippen LogP contribution >= 0.6 is 0 Å². The maximum atomic E-state index is 11.6. The van der Waals surface area contributed by atoms with E-state index in [4.69, 9.17) is 10.00 Å². The molecule has 5 heteroatoms. The number of rotatable bonds is 5. The highest BCUT2D eigenvalue weighted by molar-refractivity contribution is 5.74. The van der Waals surface area contributed by atoms with Crippen LogP contribution < -0.4 is 0 Å². The van der Waals surface area contributed by atoms with Gasteiger partial charge in [0.1, 0.15) is 12.1 Å². The number of hydrogen-bond acceptors (Lipinski definition) is 4. The second kappa shape index (κ2) is 5.91. The van der Waals surface area contributed by atoms with Crippen molar-refractivity contribution in [2.75, 3.05) is 7.11 Å². The Kier molecular flexibility index (Phi) is 4.52. The van der Waals surface area contributed by atoms with Gasteiger partial charge in [0.15, 0.2) is 0 Å². The van der Waals surface area contributed by atoms with E-state index in [0.29, 0.717) is 6.42 Å². The average Bonchev–Trinajstić information content (AvgIpc) is 2.77. The summed E-state index contributed by atoms with van der Waals surface area (Å²) >= 11 is 0. The molecule has 1 heterocycles. The van der Waals surface area contributed by atoms with E-state index in [1.165, 1.54) is 13.3 Å². The molecular weight excluding hydrogens is 206 g/mol. The topological polar surface area (TPSA) is 67.9 Å². The molecule has 0 fully saturated rings. The Bertz CT molecular complexity index is 392. The summed E-state index contributed by atoms with van der Waals surface area (Å²) in [6.45, 7) is 2.05. The van der Waals surface area contributed by atoms with Crippen molar-refractivity contribution >= 4 is 5.97 Å². The number of carbonyl (C=O) groups is 1. The number of aromatic nitrogens is 2. The monoisotopic (exact) mass is 221 g/mol. The second-order valence-corrected chi connectivity index (χ2v) is 3.45. The van der Waals surface area contributed by atoms with E-state index in [9.17, 15) is 4.79 Å². The molecule has 1 unspecified atom stereocenters. The third-order valence-electron chi connectivity index (χ3n) is 2.41. The molecule has 0 bridgehead atoms. The number of esters is 1. The van der Waals surface area contributed by atoms with Gasteiger partial charge in [0.2, 0.25) is 5.82 Å². The Labute approximate surface area is 94.7 Å². The Hall–Kier alpha value is -1.83. The Morgan fingerprint density at radius 1 is 1.75 bits per heavy atom. The minimum Gasteiger partial charge on any atom is -0.467 e. The second-order valence-electron chi connectivity index (χ2n) is 3.45. The summed E-state index contributed by atoms with van der Waals surface area (Å²) in [6.07, 6.45) is 5.71. The largest absolute Gasteiger partial charge is 0.467 e. The summed E-state index contributed by atoms with van der Waals surface area (Å²) in [5, 5.41) is 8.85. The van der Waals surface area contributed by atoms with Crippen LogP contribution in [0.15, 0.2) is 12.4 Å². The molecule has 0 aliphatic heterocycles. The molecule has 0 saturated carbocycles. The van der Waals surface area contributed by atoms with E-state index in [-0.39, 0.29) is 11.8 Å². The molecule has 5 nitrogen and oxygen atoms in total. The third-order valence-corrected chi connectivity index (χ3v) is 2.41. The van der Waals surface area contributed by atoms with Crippen molar-refractivity contribution < 1.29 is 9.53 Å². The van der Waals surface area contributed by atoms with Crippen LogP contribution in [0.1, 0.15) is 38.1 Å². The van der Waals surface area contributed by atoms with Crippen molar-refractivity contribution in [3.05, 3.63) is 18.2 Å². The van der Waals surface area contributed by atoms with Crippen LogP contribution in [-0.4, -0.2) is 22.6 Å². The summed E-state index contributed by atoms with van der Waals surface area (Å²) in [5.41, 5.74) is 0. The lowest BCUT2D eigenvalue weighted by Crippen LogP contribution is -2.21. The van der Waals surface area contributed by atoms with Gasteiger partial charge in [0.25, 0.3) is 0 Å². The molecule has 0 N–H and O–H groups in total. The highest BCUT2D eigenvalue weighted by Crippen LogP contribution is 2.18. The van der Waals surface area contributed by atoms with Crippen molar-refractivity contribution in [1.29, 1.82) is 5.26 Å². The normalized spacial score (nSPS) is 11.8. The molecule has 1 atom stereocenters. The summed E-state index contributed by atoms with van der Waals surface area (Å²) < 4.78 is 6.31. The lowest BCUT2D eigenvalue weighted by molar-refractivity contribution is -0.144. The molecule has 0 spiro atoms.